The van der Waals surface area contributed by atoms with Crippen LogP contribution in [0.3, 0.4) is 0 Å². The molecule has 6 nitrogen and oxygen atoms in total. The van der Waals surface area contributed by atoms with E-state index in [-0.39, 0.29) is 23.1 Å². The second-order valence-corrected chi connectivity index (χ2v) is 8.85. The van der Waals surface area contributed by atoms with Gasteiger partial charge in [0.15, 0.2) is 11.5 Å². The number of rotatable bonds is 4. The molecular formula is C26H27NO5. The molecule has 1 saturated carbocycles. The Morgan fingerprint density at radius 3 is 2.75 bits per heavy atom. The van der Waals surface area contributed by atoms with Crippen LogP contribution >= 0.6 is 0 Å². The number of amides is 1. The summed E-state index contributed by atoms with van der Waals surface area (Å²) in [5.41, 5.74) is 2.29. The van der Waals surface area contributed by atoms with Crippen molar-refractivity contribution >= 4 is 22.7 Å². The molecule has 1 aliphatic heterocycles. The van der Waals surface area contributed by atoms with Crippen LogP contribution in [0.5, 0.6) is 11.5 Å². The molecule has 1 fully saturated rings. The first-order valence-corrected chi connectivity index (χ1v) is 11.2. The summed E-state index contributed by atoms with van der Waals surface area (Å²) in [6.45, 7) is 2.17. The van der Waals surface area contributed by atoms with Crippen molar-refractivity contribution in [2.75, 3.05) is 7.11 Å². The van der Waals surface area contributed by atoms with Crippen molar-refractivity contribution in [3.05, 3.63) is 58.8 Å². The van der Waals surface area contributed by atoms with Crippen molar-refractivity contribution in [3.8, 4) is 11.5 Å². The van der Waals surface area contributed by atoms with Gasteiger partial charge < -0.3 is 19.2 Å². The lowest BCUT2D eigenvalue weighted by atomic mass is 9.78. The maximum absolute atomic E-state index is 13.2. The molecule has 0 atom stereocenters. The van der Waals surface area contributed by atoms with E-state index < -0.39 is 0 Å². The van der Waals surface area contributed by atoms with Crippen LogP contribution in [0.1, 0.15) is 70.6 Å². The average molecular weight is 434 g/mol. The number of carbonyl (C=O) groups is 2. The van der Waals surface area contributed by atoms with E-state index in [4.69, 9.17) is 13.9 Å². The summed E-state index contributed by atoms with van der Waals surface area (Å²) in [4.78, 5) is 26.1. The van der Waals surface area contributed by atoms with Crippen molar-refractivity contribution in [1.82, 2.24) is 5.32 Å². The van der Waals surface area contributed by atoms with Gasteiger partial charge in [0, 0.05) is 17.5 Å². The minimum absolute atomic E-state index is 0.0750. The molecule has 166 valence electrons. The van der Waals surface area contributed by atoms with Crippen LogP contribution in [0.15, 0.2) is 40.8 Å². The van der Waals surface area contributed by atoms with E-state index >= 15 is 0 Å². The van der Waals surface area contributed by atoms with Crippen molar-refractivity contribution in [1.29, 1.82) is 0 Å². The number of fused-ring (bicyclic) bond motifs is 3. The molecule has 3 aromatic rings. The number of aryl methyl sites for hydroxylation is 1. The van der Waals surface area contributed by atoms with Crippen LogP contribution in [0, 0.1) is 6.92 Å². The third-order valence-electron chi connectivity index (χ3n) is 6.70. The van der Waals surface area contributed by atoms with Gasteiger partial charge in [-0.1, -0.05) is 18.6 Å². The number of hydrogen-bond donors (Lipinski definition) is 1. The summed E-state index contributed by atoms with van der Waals surface area (Å²) in [6.07, 6.45) is 5.60. The number of benzene rings is 2. The van der Waals surface area contributed by atoms with E-state index in [1.807, 2.05) is 37.3 Å². The molecule has 2 aliphatic rings. The number of methoxy groups -OCH3 is 1. The van der Waals surface area contributed by atoms with Gasteiger partial charge in [-0.25, -0.2) is 0 Å². The van der Waals surface area contributed by atoms with Crippen molar-refractivity contribution in [2.45, 2.75) is 57.6 Å². The number of hydrogen-bond acceptors (Lipinski definition) is 5. The van der Waals surface area contributed by atoms with Crippen LogP contribution in [0.25, 0.3) is 11.0 Å². The SMILES string of the molecule is COc1cccc(CNC(=O)c2oc3ccc4c(c3c2C)C(=O)CC2(CCCCC2)O4)c1. The molecule has 1 amide bonds. The van der Waals surface area contributed by atoms with Gasteiger partial charge in [-0.05, 0) is 62.4 Å². The Balaban J connectivity index is 1.43. The largest absolute Gasteiger partial charge is 0.497 e. The van der Waals surface area contributed by atoms with Crippen LogP contribution in [0.2, 0.25) is 0 Å². The highest BCUT2D eigenvalue weighted by molar-refractivity contribution is 6.13. The zero-order chi connectivity index (χ0) is 22.3. The fourth-order valence-corrected chi connectivity index (χ4v) is 5.07. The van der Waals surface area contributed by atoms with E-state index in [1.165, 1.54) is 6.42 Å². The number of furan rings is 1. The topological polar surface area (TPSA) is 77.8 Å². The molecule has 5 rings (SSSR count). The van der Waals surface area contributed by atoms with Gasteiger partial charge >= 0.3 is 0 Å². The fourth-order valence-electron chi connectivity index (χ4n) is 5.07. The first kappa shape index (κ1) is 20.6. The lowest BCUT2D eigenvalue weighted by Crippen LogP contribution is -2.43. The summed E-state index contributed by atoms with van der Waals surface area (Å²) < 4.78 is 17.6. The van der Waals surface area contributed by atoms with Gasteiger partial charge in [-0.3, -0.25) is 9.59 Å². The lowest BCUT2D eigenvalue weighted by Gasteiger charge is -2.40. The summed E-state index contributed by atoms with van der Waals surface area (Å²) in [5.74, 6) is 1.33. The molecule has 6 heteroatoms. The Hall–Kier alpha value is -3.28. The minimum Gasteiger partial charge on any atom is -0.497 e. The predicted octanol–water partition coefficient (Wildman–Crippen LogP) is 5.35. The van der Waals surface area contributed by atoms with E-state index in [1.54, 1.807) is 13.2 Å². The molecule has 0 bridgehead atoms. The molecule has 32 heavy (non-hydrogen) atoms. The standard InChI is InChI=1S/C26H27NO5/c1-16-22-20(31-24(16)25(29)27-15-17-7-6-8-18(13-17)30-2)9-10-21-23(22)19(28)14-26(32-21)11-4-3-5-12-26/h6-10,13H,3-5,11-12,14-15H2,1-2H3,(H,27,29). The van der Waals surface area contributed by atoms with E-state index in [9.17, 15) is 9.59 Å². The lowest BCUT2D eigenvalue weighted by molar-refractivity contribution is 0.0139. The highest BCUT2D eigenvalue weighted by Gasteiger charge is 2.42. The molecule has 1 aromatic heterocycles. The van der Waals surface area contributed by atoms with Crippen molar-refractivity contribution < 1.29 is 23.5 Å². The number of Topliss-reactive ketones (excluding diaryl/α,β-unsaturated/α-hetero) is 1. The first-order valence-electron chi connectivity index (χ1n) is 11.2. The number of nitrogens with one attached hydrogen (secondary N) is 1. The Kier molecular flexibility index (Phi) is 5.16. The Labute approximate surface area is 186 Å². The number of carbonyl (C=O) groups excluding carboxylic acids is 2. The van der Waals surface area contributed by atoms with Gasteiger partial charge in [0.25, 0.3) is 5.91 Å². The summed E-state index contributed by atoms with van der Waals surface area (Å²) >= 11 is 0. The highest BCUT2D eigenvalue weighted by atomic mass is 16.5. The van der Waals surface area contributed by atoms with E-state index in [0.29, 0.717) is 40.8 Å². The number of ketones is 1. The zero-order valence-electron chi connectivity index (χ0n) is 18.5. The smallest absolute Gasteiger partial charge is 0.287 e. The van der Waals surface area contributed by atoms with Gasteiger partial charge in [0.2, 0.25) is 0 Å². The van der Waals surface area contributed by atoms with E-state index in [0.717, 1.165) is 37.0 Å². The van der Waals surface area contributed by atoms with Gasteiger partial charge in [0.1, 0.15) is 22.7 Å². The Bertz CT molecular complexity index is 1200. The fraction of sp³-hybridized carbons (Fsp3) is 0.385. The molecule has 1 aliphatic carbocycles. The quantitative estimate of drug-likeness (QED) is 0.600. The van der Waals surface area contributed by atoms with Crippen LogP contribution < -0.4 is 14.8 Å². The number of ether oxygens (including phenoxy) is 2. The Morgan fingerprint density at radius 1 is 1.16 bits per heavy atom. The van der Waals surface area contributed by atoms with Crippen molar-refractivity contribution in [2.24, 2.45) is 0 Å². The van der Waals surface area contributed by atoms with Gasteiger partial charge in [0.05, 0.1) is 19.1 Å². The molecule has 2 aromatic carbocycles. The predicted molar refractivity (Wildman–Crippen MR) is 121 cm³/mol. The minimum atomic E-state index is -0.370. The summed E-state index contributed by atoms with van der Waals surface area (Å²) in [6, 6.07) is 11.1. The molecule has 1 spiro atoms. The molecular weight excluding hydrogens is 406 g/mol. The van der Waals surface area contributed by atoms with Crippen LogP contribution in [-0.2, 0) is 6.54 Å². The van der Waals surface area contributed by atoms with Crippen LogP contribution in [0.4, 0.5) is 0 Å². The maximum atomic E-state index is 13.2. The van der Waals surface area contributed by atoms with Gasteiger partial charge in [-0.2, -0.15) is 0 Å². The second-order valence-electron chi connectivity index (χ2n) is 8.85. The van der Waals surface area contributed by atoms with Crippen LogP contribution in [-0.4, -0.2) is 24.4 Å². The average Bonchev–Trinajstić information content (AvgIpc) is 3.14. The molecule has 1 N–H and O–H groups in total. The third kappa shape index (κ3) is 3.53. The van der Waals surface area contributed by atoms with Crippen molar-refractivity contribution in [3.63, 3.8) is 0 Å². The summed E-state index contributed by atoms with van der Waals surface area (Å²) in [7, 11) is 1.61. The molecule has 0 saturated heterocycles. The maximum Gasteiger partial charge on any atom is 0.287 e. The normalized spacial score (nSPS) is 17.1. The monoisotopic (exact) mass is 433 g/mol. The van der Waals surface area contributed by atoms with E-state index in [2.05, 4.69) is 5.32 Å². The first-order chi connectivity index (χ1) is 15.5. The zero-order valence-corrected chi connectivity index (χ0v) is 18.5. The second kappa shape index (κ2) is 8.01. The molecule has 0 radical (unpaired) electrons. The summed E-state index contributed by atoms with van der Waals surface area (Å²) in [5, 5.41) is 3.59. The molecule has 0 unspecified atom stereocenters. The third-order valence-corrected chi connectivity index (χ3v) is 6.70. The van der Waals surface area contributed by atoms with Gasteiger partial charge in [-0.15, -0.1) is 0 Å². The molecule has 2 heterocycles. The Morgan fingerprint density at radius 2 is 1.97 bits per heavy atom. The highest BCUT2D eigenvalue weighted by Crippen LogP contribution is 2.45.